The summed E-state index contributed by atoms with van der Waals surface area (Å²) in [4.78, 5) is 35.8. The number of aromatic nitrogens is 1. The van der Waals surface area contributed by atoms with Gasteiger partial charge in [-0.05, 0) is 35.9 Å². The Morgan fingerprint density at radius 1 is 1.12 bits per heavy atom. The van der Waals surface area contributed by atoms with Crippen molar-refractivity contribution in [2.45, 2.75) is 6.42 Å². The standard InChI is InChI=1S/C23H23FN4O2S2/c24-18-6-4-17(5-7-18)15-20-22(30)28(23(31)32-20)16-21(29)27-13-11-26(12-14-27)10-8-19-3-1-2-9-25-19/h1-7,9,15H,8,10-14,16H2/b20-15+. The van der Waals surface area contributed by atoms with Crippen LogP contribution in [0.25, 0.3) is 6.08 Å². The molecule has 1 aromatic carbocycles. The Bertz CT molecular complexity index is 1020. The van der Waals surface area contributed by atoms with Gasteiger partial charge in [0.15, 0.2) is 0 Å². The monoisotopic (exact) mass is 470 g/mol. The lowest BCUT2D eigenvalue weighted by Gasteiger charge is -2.35. The van der Waals surface area contributed by atoms with E-state index in [9.17, 15) is 14.0 Å². The number of piperazine rings is 1. The number of hydrogen-bond acceptors (Lipinski definition) is 6. The minimum atomic E-state index is -0.336. The Hall–Kier alpha value is -2.62. The molecule has 6 nitrogen and oxygen atoms in total. The number of thiocarbonyl (C=S) groups is 1. The lowest BCUT2D eigenvalue weighted by molar-refractivity contribution is -0.136. The fourth-order valence-corrected chi connectivity index (χ4v) is 4.88. The molecule has 0 N–H and O–H groups in total. The Balaban J connectivity index is 1.28. The van der Waals surface area contributed by atoms with Crippen LogP contribution in [-0.4, -0.2) is 75.1 Å². The highest BCUT2D eigenvalue weighted by atomic mass is 32.2. The first kappa shape index (κ1) is 22.6. The van der Waals surface area contributed by atoms with Gasteiger partial charge in [-0.25, -0.2) is 4.39 Å². The number of rotatable bonds is 6. The average molecular weight is 471 g/mol. The van der Waals surface area contributed by atoms with E-state index in [1.165, 1.54) is 17.0 Å². The molecule has 9 heteroatoms. The van der Waals surface area contributed by atoms with Crippen molar-refractivity contribution in [3.63, 3.8) is 0 Å². The predicted octanol–water partition coefficient (Wildman–Crippen LogP) is 2.81. The summed E-state index contributed by atoms with van der Waals surface area (Å²) in [7, 11) is 0. The van der Waals surface area contributed by atoms with E-state index in [-0.39, 0.29) is 24.2 Å². The average Bonchev–Trinajstić information content (AvgIpc) is 3.07. The summed E-state index contributed by atoms with van der Waals surface area (Å²) in [6.07, 6.45) is 4.35. The van der Waals surface area contributed by atoms with Gasteiger partial charge in [-0.15, -0.1) is 0 Å². The first-order valence-electron chi connectivity index (χ1n) is 10.4. The molecule has 0 aliphatic carbocycles. The van der Waals surface area contributed by atoms with E-state index in [1.807, 2.05) is 18.2 Å². The van der Waals surface area contributed by atoms with E-state index in [4.69, 9.17) is 12.2 Å². The molecule has 2 aliphatic heterocycles. The molecule has 0 bridgehead atoms. The number of carbonyl (C=O) groups is 2. The molecule has 2 saturated heterocycles. The second-order valence-corrected chi connectivity index (χ2v) is 9.29. The Labute approximate surface area is 196 Å². The minimum absolute atomic E-state index is 0.0562. The fraction of sp³-hybridized carbons (Fsp3) is 0.304. The number of carbonyl (C=O) groups excluding carboxylic acids is 2. The highest BCUT2D eigenvalue weighted by Crippen LogP contribution is 2.32. The van der Waals surface area contributed by atoms with Crippen molar-refractivity contribution in [3.8, 4) is 0 Å². The van der Waals surface area contributed by atoms with Gasteiger partial charge in [-0.2, -0.15) is 0 Å². The molecular weight excluding hydrogens is 447 g/mol. The molecule has 0 unspecified atom stereocenters. The second-order valence-electron chi connectivity index (χ2n) is 7.61. The van der Waals surface area contributed by atoms with Crippen LogP contribution in [0.1, 0.15) is 11.3 Å². The van der Waals surface area contributed by atoms with Crippen LogP contribution in [0.15, 0.2) is 53.6 Å². The van der Waals surface area contributed by atoms with Crippen LogP contribution < -0.4 is 0 Å². The van der Waals surface area contributed by atoms with Gasteiger partial charge in [0, 0.05) is 51.0 Å². The summed E-state index contributed by atoms with van der Waals surface area (Å²) in [6, 6.07) is 11.8. The number of benzene rings is 1. The zero-order chi connectivity index (χ0) is 22.5. The molecule has 0 saturated carbocycles. The topological polar surface area (TPSA) is 56.8 Å². The molecule has 2 aromatic rings. The third kappa shape index (κ3) is 5.59. The largest absolute Gasteiger partial charge is 0.339 e. The van der Waals surface area contributed by atoms with Gasteiger partial charge in [0.1, 0.15) is 16.7 Å². The van der Waals surface area contributed by atoms with Crippen molar-refractivity contribution in [3.05, 3.63) is 70.6 Å². The van der Waals surface area contributed by atoms with Crippen molar-refractivity contribution >= 4 is 46.2 Å². The van der Waals surface area contributed by atoms with Crippen LogP contribution in [0.2, 0.25) is 0 Å². The normalized spacial score (nSPS) is 18.6. The molecule has 166 valence electrons. The molecular formula is C23H23FN4O2S2. The highest BCUT2D eigenvalue weighted by molar-refractivity contribution is 8.26. The zero-order valence-corrected chi connectivity index (χ0v) is 19.1. The minimum Gasteiger partial charge on any atom is -0.339 e. The molecule has 3 heterocycles. The number of thioether (sulfide) groups is 1. The lowest BCUT2D eigenvalue weighted by Crippen LogP contribution is -2.51. The molecule has 0 spiro atoms. The SMILES string of the molecule is O=C(CN1C(=O)/C(=C\c2ccc(F)cc2)SC1=S)N1CCN(CCc2ccccn2)CC1. The first-order chi connectivity index (χ1) is 15.5. The number of amides is 2. The Morgan fingerprint density at radius 3 is 2.56 bits per heavy atom. The summed E-state index contributed by atoms with van der Waals surface area (Å²) >= 11 is 6.50. The number of hydrogen-bond donors (Lipinski definition) is 0. The van der Waals surface area contributed by atoms with Gasteiger partial charge >= 0.3 is 0 Å². The van der Waals surface area contributed by atoms with Crippen molar-refractivity contribution in [2.24, 2.45) is 0 Å². The van der Waals surface area contributed by atoms with Crippen molar-refractivity contribution in [1.29, 1.82) is 0 Å². The van der Waals surface area contributed by atoms with Gasteiger partial charge in [0.2, 0.25) is 5.91 Å². The summed E-state index contributed by atoms with van der Waals surface area (Å²) in [5.41, 5.74) is 1.77. The molecule has 1 aromatic heterocycles. The summed E-state index contributed by atoms with van der Waals surface area (Å²) < 4.78 is 13.5. The maximum absolute atomic E-state index is 13.1. The van der Waals surface area contributed by atoms with Gasteiger partial charge in [0.25, 0.3) is 5.91 Å². The van der Waals surface area contributed by atoms with Crippen LogP contribution >= 0.6 is 24.0 Å². The van der Waals surface area contributed by atoms with E-state index in [1.54, 1.807) is 29.3 Å². The molecule has 2 amide bonds. The molecule has 0 atom stereocenters. The Morgan fingerprint density at radius 2 is 1.88 bits per heavy atom. The van der Waals surface area contributed by atoms with Gasteiger partial charge < -0.3 is 4.90 Å². The first-order valence-corrected chi connectivity index (χ1v) is 11.6. The predicted molar refractivity (Wildman–Crippen MR) is 127 cm³/mol. The summed E-state index contributed by atoms with van der Waals surface area (Å²) in [5.74, 6) is -0.725. The fourth-order valence-electron chi connectivity index (χ4n) is 3.62. The van der Waals surface area contributed by atoms with Crippen molar-refractivity contribution in [1.82, 2.24) is 19.7 Å². The number of pyridine rings is 1. The maximum atomic E-state index is 13.1. The van der Waals surface area contributed by atoms with Crippen molar-refractivity contribution in [2.75, 3.05) is 39.3 Å². The molecule has 4 rings (SSSR count). The van der Waals surface area contributed by atoms with Crippen molar-refractivity contribution < 1.29 is 14.0 Å². The molecule has 2 fully saturated rings. The smallest absolute Gasteiger partial charge is 0.266 e. The number of halogens is 1. The van der Waals surface area contributed by atoms with E-state index in [0.717, 1.165) is 43.5 Å². The summed E-state index contributed by atoms with van der Waals surface area (Å²) in [6.45, 7) is 3.69. The van der Waals surface area contributed by atoms with Crippen LogP contribution in [0.3, 0.4) is 0 Å². The van der Waals surface area contributed by atoms with Crippen LogP contribution in [0, 0.1) is 5.82 Å². The molecule has 32 heavy (non-hydrogen) atoms. The quantitative estimate of drug-likeness (QED) is 0.478. The highest BCUT2D eigenvalue weighted by Gasteiger charge is 2.34. The molecule has 0 radical (unpaired) electrons. The number of nitrogens with zero attached hydrogens (tertiary/aromatic N) is 4. The van der Waals surface area contributed by atoms with Crippen LogP contribution in [0.5, 0.6) is 0 Å². The van der Waals surface area contributed by atoms with E-state index >= 15 is 0 Å². The van der Waals surface area contributed by atoms with E-state index < -0.39 is 0 Å². The van der Waals surface area contributed by atoms with Gasteiger partial charge in [0.05, 0.1) is 4.91 Å². The van der Waals surface area contributed by atoms with E-state index in [0.29, 0.717) is 27.9 Å². The van der Waals surface area contributed by atoms with Crippen LogP contribution in [-0.2, 0) is 16.0 Å². The maximum Gasteiger partial charge on any atom is 0.266 e. The summed E-state index contributed by atoms with van der Waals surface area (Å²) in [5, 5.41) is 0. The third-order valence-corrected chi connectivity index (χ3v) is 6.85. The van der Waals surface area contributed by atoms with E-state index in [2.05, 4.69) is 9.88 Å². The second kappa shape index (κ2) is 10.3. The molecule has 2 aliphatic rings. The third-order valence-electron chi connectivity index (χ3n) is 5.47. The van der Waals surface area contributed by atoms with Gasteiger partial charge in [-0.3, -0.25) is 24.4 Å². The van der Waals surface area contributed by atoms with Crippen LogP contribution in [0.4, 0.5) is 4.39 Å². The zero-order valence-electron chi connectivity index (χ0n) is 17.4. The van der Waals surface area contributed by atoms with Gasteiger partial charge in [-0.1, -0.05) is 42.2 Å². The Kier molecular flexibility index (Phi) is 7.29. The lowest BCUT2D eigenvalue weighted by atomic mass is 10.2.